The molecule has 57 heavy (non-hydrogen) atoms. The van der Waals surface area contributed by atoms with Gasteiger partial charge in [0, 0.05) is 52.6 Å². The van der Waals surface area contributed by atoms with E-state index in [1.54, 1.807) is 0 Å². The van der Waals surface area contributed by atoms with Crippen molar-refractivity contribution in [1.82, 2.24) is 31.9 Å². The maximum absolute atomic E-state index is 7.39. The van der Waals surface area contributed by atoms with E-state index >= 15 is 0 Å². The Morgan fingerprint density at radius 3 is 0.982 bits per heavy atom. The van der Waals surface area contributed by atoms with Gasteiger partial charge in [0.25, 0.3) is 0 Å². The Bertz CT molecular complexity index is 1190. The molecule has 8 bridgehead atoms. The Morgan fingerprint density at radius 2 is 0.544 bits per heavy atom. The van der Waals surface area contributed by atoms with Gasteiger partial charge in [-0.2, -0.15) is 0 Å². The summed E-state index contributed by atoms with van der Waals surface area (Å²) >= 11 is 95.6. The SMILES string of the molecule is ClC1C(Cl)C(Br)C2C3NC4[N-]C(NC5NC(NC6[N-]C(NC(N3)C2C1Cl)C1C(Cl)C(Br)C(Cl)C(Br)C61)C1C(Cl)C(Cl)C(Br)C(Cl)C51)C1C(Br)C(Cl)C(Br)C(Cl)C41.[Cu+2]. The van der Waals surface area contributed by atoms with Crippen molar-refractivity contribution in [2.75, 3.05) is 0 Å². The fourth-order valence-corrected chi connectivity index (χ4v) is 21.9. The zero-order valence-electron chi connectivity index (χ0n) is 28.7. The van der Waals surface area contributed by atoms with E-state index < -0.39 is 33.1 Å². The Labute approximate surface area is 444 Å². The van der Waals surface area contributed by atoms with Crippen LogP contribution in [0.1, 0.15) is 0 Å². The van der Waals surface area contributed by atoms with E-state index in [9.17, 15) is 0 Å². The molecule has 32 atom stereocenters. The van der Waals surface area contributed by atoms with E-state index in [2.05, 4.69) is 127 Å². The zero-order chi connectivity index (χ0) is 40.1. The molecule has 4 saturated carbocycles. The second-order valence-corrected chi connectivity index (χ2v) is 28.1. The molecule has 0 spiro atoms. The van der Waals surface area contributed by atoms with Gasteiger partial charge in [0.1, 0.15) is 0 Å². The fourth-order valence-electron chi connectivity index (χ4n) is 11.5. The number of hydrogen-bond acceptors (Lipinski definition) is 6. The molecule has 8 nitrogen and oxygen atoms in total. The average molecular weight is 1430 g/mol. The quantitative estimate of drug-likeness (QED) is 0.108. The van der Waals surface area contributed by atoms with Crippen LogP contribution in [-0.2, 0) is 17.1 Å². The van der Waals surface area contributed by atoms with Crippen molar-refractivity contribution < 1.29 is 17.1 Å². The summed E-state index contributed by atoms with van der Waals surface area (Å²) in [5.74, 6) is -1.05. The summed E-state index contributed by atoms with van der Waals surface area (Å²) in [7, 11) is 0. The monoisotopic (exact) mass is 1420 g/mol. The van der Waals surface area contributed by atoms with Gasteiger partial charge >= 0.3 is 17.1 Å². The second-order valence-electron chi connectivity index (χ2n) is 16.7. The van der Waals surface area contributed by atoms with Crippen LogP contribution in [0.3, 0.4) is 0 Å². The summed E-state index contributed by atoms with van der Waals surface area (Å²) in [5.41, 5.74) is 0. The van der Waals surface area contributed by atoms with Gasteiger partial charge in [-0.05, 0) is 23.7 Å². The van der Waals surface area contributed by atoms with Crippen LogP contribution in [0.2, 0.25) is 0 Å². The minimum atomic E-state index is -0.496. The Hall–Kier alpha value is 5.98. The molecule has 9 aliphatic rings. The number of rotatable bonds is 0. The Kier molecular flexibility index (Phi) is 16.5. The van der Waals surface area contributed by atoms with Crippen molar-refractivity contribution in [3.05, 3.63) is 10.6 Å². The van der Waals surface area contributed by atoms with Gasteiger partial charge in [0.2, 0.25) is 0 Å². The Balaban J connectivity index is 0.00000455. The topological polar surface area (TPSA) is 100 Å². The van der Waals surface area contributed by atoms with Crippen LogP contribution in [-0.4, -0.2) is 132 Å². The molecule has 6 N–H and O–H groups in total. The van der Waals surface area contributed by atoms with Crippen LogP contribution in [0.25, 0.3) is 10.6 Å². The number of nitrogens with one attached hydrogen (secondary N) is 6. The molecule has 5 heterocycles. The first kappa shape index (κ1) is 49.4. The molecular formula is C32H38Br6Cl10CuN8. The van der Waals surface area contributed by atoms with Gasteiger partial charge in [-0.3, -0.25) is 10.6 Å². The van der Waals surface area contributed by atoms with Crippen LogP contribution < -0.4 is 31.9 Å². The third-order valence-electron chi connectivity index (χ3n) is 14.1. The van der Waals surface area contributed by atoms with Crippen molar-refractivity contribution in [2.45, 2.75) is 132 Å². The minimum Gasteiger partial charge on any atom is -0.632 e. The normalized spacial score (nSPS) is 64.8. The largest absolute Gasteiger partial charge is 2.00 e. The smallest absolute Gasteiger partial charge is 0.632 e. The average Bonchev–Trinajstić information content (AvgIpc) is 3.92. The first-order chi connectivity index (χ1) is 26.4. The van der Waals surface area contributed by atoms with Crippen molar-refractivity contribution in [3.63, 3.8) is 0 Å². The van der Waals surface area contributed by atoms with Crippen LogP contribution in [0.4, 0.5) is 0 Å². The van der Waals surface area contributed by atoms with E-state index in [0.717, 1.165) is 0 Å². The standard InChI is InChI=1S/C32H38Br6Cl10N8.Cu/c33-9-1-4(15(39)12(36)20(9)44)28-49-25(1)53-31-7-8(18(42)23(47)14(38)17(7)41)32(56-31)54-26-2-5(16(40)13(37)21(45)10(2)34)29(50-26)55-30-6-3(27(51-28)52-30)11(35)22(46)24(48)19(6)43;/h1-32,51-56H;/q-2;+2. The van der Waals surface area contributed by atoms with Crippen LogP contribution in [0, 0.1) is 47.3 Å². The maximum atomic E-state index is 7.39. The van der Waals surface area contributed by atoms with Gasteiger partial charge in [-0.1, -0.05) is 120 Å². The maximum Gasteiger partial charge on any atom is 2.00 e. The molecule has 0 aromatic heterocycles. The van der Waals surface area contributed by atoms with Crippen molar-refractivity contribution >= 4 is 212 Å². The number of nitrogens with zero attached hydrogens (tertiary/aromatic N) is 2. The minimum absolute atomic E-state index is 0. The molecule has 1 radical (unpaired) electrons. The summed E-state index contributed by atoms with van der Waals surface area (Å²) in [4.78, 5) is -1.03. The van der Waals surface area contributed by atoms with Gasteiger partial charge in [0.15, 0.2) is 0 Å². The zero-order valence-corrected chi connectivity index (χ0v) is 46.7. The summed E-state index contributed by atoms with van der Waals surface area (Å²) in [6, 6.07) is 0. The van der Waals surface area contributed by atoms with Gasteiger partial charge in [0.05, 0.1) is 78.4 Å². The van der Waals surface area contributed by atoms with E-state index in [0.29, 0.717) is 0 Å². The second kappa shape index (κ2) is 19.1. The molecule has 4 aliphatic carbocycles. The molecule has 32 unspecified atom stereocenters. The molecule has 9 fully saturated rings. The van der Waals surface area contributed by atoms with E-state index in [-0.39, 0.29) is 163 Å². The van der Waals surface area contributed by atoms with Crippen molar-refractivity contribution in [1.29, 1.82) is 0 Å². The summed E-state index contributed by atoms with van der Waals surface area (Å²) < 4.78 is 0. The first-order valence-electron chi connectivity index (χ1n) is 18.7. The molecule has 0 aromatic rings. The third kappa shape index (κ3) is 8.09. The molecule has 0 aromatic carbocycles. The van der Waals surface area contributed by atoms with Gasteiger partial charge in [-0.15, -0.1) is 116 Å². The van der Waals surface area contributed by atoms with Crippen molar-refractivity contribution in [3.8, 4) is 0 Å². The molecule has 5 saturated heterocycles. The predicted molar refractivity (Wildman–Crippen MR) is 256 cm³/mol. The van der Waals surface area contributed by atoms with Crippen LogP contribution in [0.5, 0.6) is 0 Å². The number of alkyl halides is 16. The number of fused-ring (bicyclic) bond motifs is 20. The van der Waals surface area contributed by atoms with Gasteiger partial charge in [-0.25, -0.2) is 0 Å². The predicted octanol–water partition coefficient (Wildman–Crippen LogP) is 8.58. The number of hydrogen-bond donors (Lipinski definition) is 6. The molecular weight excluding hydrogens is 1390 g/mol. The van der Waals surface area contributed by atoms with E-state index in [1.807, 2.05) is 0 Å². The van der Waals surface area contributed by atoms with E-state index in [4.69, 9.17) is 127 Å². The third-order valence-corrected chi connectivity index (χ3v) is 29.7. The fraction of sp³-hybridized carbons (Fsp3) is 1.00. The molecule has 25 heteroatoms. The molecule has 329 valence electrons. The van der Waals surface area contributed by atoms with Crippen LogP contribution in [0.15, 0.2) is 0 Å². The summed E-state index contributed by atoms with van der Waals surface area (Å²) in [6.07, 6.45) is -2.82. The van der Waals surface area contributed by atoms with Gasteiger partial charge < -0.3 is 31.9 Å². The first-order valence-corrected chi connectivity index (χ1v) is 28.5. The number of halogens is 16. The molecule has 0 amide bonds. The summed E-state index contributed by atoms with van der Waals surface area (Å²) in [5, 5.41) is 30.6. The van der Waals surface area contributed by atoms with Crippen LogP contribution >= 0.6 is 212 Å². The molecule has 9 rings (SSSR count). The van der Waals surface area contributed by atoms with Crippen molar-refractivity contribution in [2.24, 2.45) is 47.3 Å². The summed E-state index contributed by atoms with van der Waals surface area (Å²) in [6.45, 7) is 0. The molecule has 5 aliphatic heterocycles. The Morgan fingerprint density at radius 1 is 0.263 bits per heavy atom. The van der Waals surface area contributed by atoms with E-state index in [1.165, 1.54) is 0 Å².